The molecule has 8 atom stereocenters. The van der Waals surface area contributed by atoms with Crippen LogP contribution in [0.15, 0.2) is 24.3 Å². The summed E-state index contributed by atoms with van der Waals surface area (Å²) in [4.78, 5) is 118. The van der Waals surface area contributed by atoms with Crippen LogP contribution >= 0.6 is 11.8 Å². The average molecular weight is 968 g/mol. The highest BCUT2D eigenvalue weighted by Gasteiger charge is 2.36. The number of aliphatic hydroxyl groups excluding tert-OH is 1. The van der Waals surface area contributed by atoms with Crippen LogP contribution in [-0.2, 0) is 49.6 Å². The lowest BCUT2D eigenvalue weighted by molar-refractivity contribution is -0.143. The quantitative estimate of drug-likeness (QED) is 0.0184. The van der Waals surface area contributed by atoms with Crippen LogP contribution in [0, 0.1) is 11.3 Å². The van der Waals surface area contributed by atoms with Gasteiger partial charge in [0, 0.05) is 13.0 Å². The highest BCUT2D eigenvalue weighted by molar-refractivity contribution is 7.98. The van der Waals surface area contributed by atoms with Crippen LogP contribution in [0.2, 0.25) is 0 Å². The Labute approximate surface area is 393 Å². The number of aliphatic carboxylic acids is 1. The Bertz CT molecular complexity index is 1840. The van der Waals surface area contributed by atoms with Crippen LogP contribution < -0.4 is 65.5 Å². The number of phenols is 1. The predicted octanol–water partition coefficient (Wildman–Crippen LogP) is -4.57. The number of hydrogen-bond acceptors (Lipinski definition) is 15. The fraction of sp³-hybridized carbons (Fsp3) is 0.610. The maximum absolute atomic E-state index is 14.0. The molecule has 0 saturated heterocycles. The van der Waals surface area contributed by atoms with Crippen molar-refractivity contribution >= 4 is 70.9 Å². The van der Waals surface area contributed by atoms with E-state index in [1.807, 2.05) is 0 Å². The zero-order valence-electron chi connectivity index (χ0n) is 38.2. The first-order chi connectivity index (χ1) is 31.5. The molecule has 0 aliphatic rings. The molecule has 8 amide bonds. The number of carbonyl (C=O) groups is 9. The number of unbranched alkanes of at least 4 members (excludes halogenated alkanes) is 1. The van der Waals surface area contributed by atoms with Crippen molar-refractivity contribution in [1.82, 2.24) is 42.5 Å². The number of carboxylic acids is 1. The summed E-state index contributed by atoms with van der Waals surface area (Å²) < 4.78 is 0. The Hall–Kier alpha value is -6.25. The molecule has 0 fully saturated rings. The number of primary amides is 1. The van der Waals surface area contributed by atoms with Gasteiger partial charge in [-0.15, -0.1) is 0 Å². The van der Waals surface area contributed by atoms with Crippen molar-refractivity contribution in [2.45, 2.75) is 121 Å². The molecule has 1 aromatic carbocycles. The second kappa shape index (κ2) is 30.9. The van der Waals surface area contributed by atoms with Crippen molar-refractivity contribution in [2.75, 3.05) is 31.6 Å². The molecule has 0 aliphatic carbocycles. The van der Waals surface area contributed by atoms with Gasteiger partial charge < -0.3 is 80.8 Å². The van der Waals surface area contributed by atoms with Gasteiger partial charge in [-0.3, -0.25) is 43.8 Å². The van der Waals surface area contributed by atoms with E-state index in [1.165, 1.54) is 36.0 Å². The van der Waals surface area contributed by atoms with Gasteiger partial charge in [0.1, 0.15) is 42.0 Å². The summed E-state index contributed by atoms with van der Waals surface area (Å²) in [5, 5.41) is 57.0. The molecule has 0 aromatic heterocycles. The maximum Gasteiger partial charge on any atom is 0.326 e. The predicted molar refractivity (Wildman–Crippen MR) is 247 cm³/mol. The van der Waals surface area contributed by atoms with E-state index in [1.54, 1.807) is 20.1 Å². The number of amides is 8. The van der Waals surface area contributed by atoms with Crippen LogP contribution in [0.5, 0.6) is 5.75 Å². The van der Waals surface area contributed by atoms with E-state index in [9.17, 15) is 58.5 Å². The Morgan fingerprint density at radius 3 is 1.81 bits per heavy atom. The first-order valence-corrected chi connectivity index (χ1v) is 23.0. The Morgan fingerprint density at radius 1 is 0.687 bits per heavy atom. The smallest absolute Gasteiger partial charge is 0.326 e. The number of rotatable bonds is 32. The number of phenolic OH excluding ortho intramolecular Hbond substituents is 1. The Balaban J connectivity index is 3.35. The van der Waals surface area contributed by atoms with E-state index >= 15 is 0 Å². The third kappa shape index (κ3) is 23.2. The van der Waals surface area contributed by atoms with Crippen molar-refractivity contribution < 1.29 is 58.5 Å². The van der Waals surface area contributed by atoms with Gasteiger partial charge >= 0.3 is 5.97 Å². The molecule has 0 saturated carbocycles. The van der Waals surface area contributed by atoms with Crippen LogP contribution in [0.4, 0.5) is 0 Å². The SMILES string of the molecule is CSCC[C@H](NC(=O)CNC(=O)[C@@H](N)CCCCN)C(=O)N[C@@H](CC(N)=O)C(=O)N[C@@H](Cc1ccc(O)cc1)C(=O)N[C@H](C(=O)N[C@H](C(=O)N[C@@H](CCCNC(=N)N)C(=O)O)C(C)C)[C@@H](C)O. The molecule has 1 aromatic rings. The van der Waals surface area contributed by atoms with E-state index in [2.05, 4.69) is 42.5 Å². The minimum Gasteiger partial charge on any atom is -0.508 e. The lowest BCUT2D eigenvalue weighted by Crippen LogP contribution is -2.62. The van der Waals surface area contributed by atoms with E-state index in [0.717, 1.165) is 6.92 Å². The molecule has 0 aliphatic heterocycles. The Kier molecular flexibility index (Phi) is 27.1. The van der Waals surface area contributed by atoms with Gasteiger partial charge in [-0.25, -0.2) is 4.79 Å². The second-order valence-electron chi connectivity index (χ2n) is 16.0. The highest BCUT2D eigenvalue weighted by Crippen LogP contribution is 2.13. The van der Waals surface area contributed by atoms with Gasteiger partial charge in [0.25, 0.3) is 0 Å². The molecule has 67 heavy (non-hydrogen) atoms. The Morgan fingerprint density at radius 2 is 1.25 bits per heavy atom. The van der Waals surface area contributed by atoms with Crippen molar-refractivity contribution in [1.29, 1.82) is 5.41 Å². The zero-order valence-corrected chi connectivity index (χ0v) is 39.0. The lowest BCUT2D eigenvalue weighted by atomic mass is 10.0. The number of carboxylic acid groups (broad SMARTS) is 1. The van der Waals surface area contributed by atoms with E-state index in [0.29, 0.717) is 37.1 Å². The molecule has 0 heterocycles. The normalized spacial score (nSPS) is 14.6. The summed E-state index contributed by atoms with van der Waals surface area (Å²) in [6.45, 7) is 4.32. The van der Waals surface area contributed by atoms with Crippen LogP contribution in [-0.4, -0.2) is 155 Å². The number of nitrogens with one attached hydrogen (secondary N) is 9. The van der Waals surface area contributed by atoms with Crippen molar-refractivity contribution in [3.05, 3.63) is 29.8 Å². The monoisotopic (exact) mass is 967 g/mol. The van der Waals surface area contributed by atoms with Gasteiger partial charge in [-0.1, -0.05) is 32.4 Å². The van der Waals surface area contributed by atoms with Crippen LogP contribution in [0.25, 0.3) is 0 Å². The largest absolute Gasteiger partial charge is 0.508 e. The molecular formula is C41H69N13O12S. The first kappa shape index (κ1) is 58.8. The molecule has 376 valence electrons. The van der Waals surface area contributed by atoms with Crippen LogP contribution in [0.3, 0.4) is 0 Å². The third-order valence-corrected chi connectivity index (χ3v) is 10.6. The minimum atomic E-state index is -1.77. The summed E-state index contributed by atoms with van der Waals surface area (Å²) in [6.07, 6.45) is 0.818. The summed E-state index contributed by atoms with van der Waals surface area (Å²) in [5.74, 6) is -9.53. The van der Waals surface area contributed by atoms with E-state index in [4.69, 9.17) is 28.3 Å². The molecule has 0 bridgehead atoms. The summed E-state index contributed by atoms with van der Waals surface area (Å²) in [5.41, 5.74) is 22.4. The number of nitrogens with two attached hydrogens (primary N) is 4. The molecule has 0 spiro atoms. The van der Waals surface area contributed by atoms with Crippen LogP contribution in [0.1, 0.15) is 71.3 Å². The second-order valence-corrected chi connectivity index (χ2v) is 17.0. The van der Waals surface area contributed by atoms with E-state index < -0.39 is 121 Å². The van der Waals surface area contributed by atoms with Gasteiger partial charge in [0.2, 0.25) is 47.3 Å². The van der Waals surface area contributed by atoms with Gasteiger partial charge in [-0.05, 0) is 81.2 Å². The lowest BCUT2D eigenvalue weighted by Gasteiger charge is -2.29. The van der Waals surface area contributed by atoms with Gasteiger partial charge in [0.15, 0.2) is 5.96 Å². The van der Waals surface area contributed by atoms with Crippen molar-refractivity contribution in [3.63, 3.8) is 0 Å². The summed E-state index contributed by atoms with van der Waals surface area (Å²) >= 11 is 1.34. The highest BCUT2D eigenvalue weighted by atomic mass is 32.2. The third-order valence-electron chi connectivity index (χ3n) is 9.95. The molecule has 0 radical (unpaired) electrons. The zero-order chi connectivity index (χ0) is 50.8. The van der Waals surface area contributed by atoms with Gasteiger partial charge in [-0.2, -0.15) is 11.8 Å². The molecule has 0 unspecified atom stereocenters. The average Bonchev–Trinajstić information content (AvgIpc) is 3.25. The number of thioether (sulfide) groups is 1. The fourth-order valence-electron chi connectivity index (χ4n) is 6.21. The summed E-state index contributed by atoms with van der Waals surface area (Å²) in [7, 11) is 0. The minimum absolute atomic E-state index is 0.0459. The van der Waals surface area contributed by atoms with E-state index in [-0.39, 0.29) is 43.9 Å². The number of carbonyl (C=O) groups excluding carboxylic acids is 8. The fourth-order valence-corrected chi connectivity index (χ4v) is 6.68. The number of aliphatic hydroxyl groups is 1. The maximum atomic E-state index is 14.0. The topological polar surface area (TPSA) is 438 Å². The van der Waals surface area contributed by atoms with Gasteiger partial charge in [0.05, 0.1) is 25.1 Å². The van der Waals surface area contributed by atoms with Crippen molar-refractivity contribution in [2.24, 2.45) is 28.9 Å². The first-order valence-electron chi connectivity index (χ1n) is 21.6. The molecule has 25 nitrogen and oxygen atoms in total. The number of benzene rings is 1. The molecule has 1 rings (SSSR count). The number of hydrogen-bond donors (Lipinski definition) is 16. The van der Waals surface area contributed by atoms with Crippen molar-refractivity contribution in [3.8, 4) is 5.75 Å². The molecule has 20 N–H and O–H groups in total. The standard InChI is InChI=1S/C41H69N13O12S/c1-21(2)32(38(63)50-27(40(65)66)9-7-16-47-41(45)46)53-39(64)33(22(3)55)54-37(62)28(18-23-10-12-24(56)13-11-23)51-36(61)29(19-30(44)57)52-35(60)26(14-17-67-4)49-31(58)20-48-34(59)25(43)8-5-6-15-42/h10-13,21-22,25-29,32-33,55-56H,5-9,14-20,42-43H2,1-4H3,(H2,44,57)(H,48,59)(H,49,58)(H,50,63)(H,51,61)(H,52,60)(H,53,64)(H,54,62)(H,65,66)(H4,45,46,47)/t22-,25+,26+,27+,28+,29+,32+,33+/m1/s1. The number of guanidine groups is 1. The number of aromatic hydroxyl groups is 1. The molecular weight excluding hydrogens is 899 g/mol. The summed E-state index contributed by atoms with van der Waals surface area (Å²) in [6, 6.07) is -4.57. The molecule has 26 heteroatoms.